The fraction of sp³-hybridized carbons (Fsp3) is 0.455. The molecule has 1 aromatic carbocycles. The van der Waals surface area contributed by atoms with Gasteiger partial charge in [-0.1, -0.05) is 0 Å². The van der Waals surface area contributed by atoms with E-state index < -0.39 is 47.9 Å². The zero-order valence-electron chi connectivity index (χ0n) is 20.8. The number of halogens is 3. The number of hydrogen-bond acceptors (Lipinski definition) is 11. The van der Waals surface area contributed by atoms with Crippen molar-refractivity contribution in [3.63, 3.8) is 0 Å². The van der Waals surface area contributed by atoms with Gasteiger partial charge in [-0.05, 0) is 67.8 Å². The largest absolute Gasteiger partial charge is 0.462 e. The van der Waals surface area contributed by atoms with Crippen LogP contribution in [0, 0.1) is 10.7 Å². The number of primary amides is 2. The topological polar surface area (TPSA) is 195 Å². The van der Waals surface area contributed by atoms with Crippen LogP contribution in [0.15, 0.2) is 0 Å². The Morgan fingerprint density at radius 2 is 1.00 bits per heavy atom. The van der Waals surface area contributed by atoms with Crippen LogP contribution >= 0.6 is 67.8 Å². The second kappa shape index (κ2) is 15.6. The van der Waals surface area contributed by atoms with Crippen molar-refractivity contribution in [2.75, 3.05) is 31.2 Å². The highest BCUT2D eigenvalue weighted by atomic mass is 127. The van der Waals surface area contributed by atoms with Crippen LogP contribution in [0.3, 0.4) is 0 Å². The van der Waals surface area contributed by atoms with Gasteiger partial charge in [0.1, 0.15) is 13.2 Å². The molecule has 0 aliphatic rings. The van der Waals surface area contributed by atoms with E-state index in [0.29, 0.717) is 7.14 Å². The number of benzene rings is 1. The zero-order valence-corrected chi connectivity index (χ0v) is 27.3. The number of hydrogen-bond donors (Lipinski definition) is 2. The Morgan fingerprint density at radius 3 is 1.26 bits per heavy atom. The first-order chi connectivity index (χ1) is 17.6. The summed E-state index contributed by atoms with van der Waals surface area (Å²) in [4.78, 5) is 72.8. The van der Waals surface area contributed by atoms with Gasteiger partial charge >= 0.3 is 23.9 Å². The first-order valence-corrected chi connectivity index (χ1v) is 14.0. The average Bonchev–Trinajstić information content (AvgIpc) is 2.74. The van der Waals surface area contributed by atoms with Crippen molar-refractivity contribution in [1.82, 2.24) is 0 Å². The van der Waals surface area contributed by atoms with E-state index in [2.05, 4.69) is 0 Å². The average molecular weight is 873 g/mol. The fourth-order valence-corrected chi connectivity index (χ4v) is 8.16. The monoisotopic (exact) mass is 873 g/mol. The van der Waals surface area contributed by atoms with Gasteiger partial charge in [0.05, 0.1) is 37.0 Å². The molecule has 2 amide bonds. The summed E-state index contributed by atoms with van der Waals surface area (Å²) in [7, 11) is 0. The Kier molecular flexibility index (Phi) is 14.0. The number of nitrogens with two attached hydrogens (primary N) is 2. The predicted molar refractivity (Wildman–Crippen MR) is 158 cm³/mol. The molecule has 38 heavy (non-hydrogen) atoms. The SMILES string of the molecule is CC(=O)OCC(CN(CC(COC(C)=O)OC(C)=O)c1c(I)c(C(N)=O)c(I)c(C(N)=O)c1I)OC(C)=O. The molecule has 0 radical (unpaired) electrons. The number of carbonyl (C=O) groups is 6. The van der Waals surface area contributed by atoms with Crippen molar-refractivity contribution in [2.24, 2.45) is 11.5 Å². The van der Waals surface area contributed by atoms with E-state index in [1.807, 2.05) is 45.2 Å². The van der Waals surface area contributed by atoms with Crippen molar-refractivity contribution in [2.45, 2.75) is 39.9 Å². The molecule has 0 heterocycles. The summed E-state index contributed by atoms with van der Waals surface area (Å²) in [5, 5.41) is 0. The number of amides is 2. The zero-order chi connectivity index (χ0) is 29.3. The van der Waals surface area contributed by atoms with Crippen molar-refractivity contribution in [3.05, 3.63) is 21.8 Å². The number of rotatable bonds is 13. The quantitative estimate of drug-likeness (QED) is 0.166. The molecule has 0 saturated carbocycles. The van der Waals surface area contributed by atoms with Crippen LogP contribution in [0.5, 0.6) is 0 Å². The standard InChI is InChI=1S/C22H26I3N3O10/c1-9(29)35-7-13(37-11(3)31)5-28(6-14(38-12(4)32)8-36-10(2)30)20-18(24)15(21(26)33)17(23)16(19(20)25)22(27)34/h13-14H,5-8H2,1-4H3,(H2,26,33)(H2,27,34). The number of anilines is 1. The molecule has 1 aromatic rings. The van der Waals surface area contributed by atoms with Crippen molar-refractivity contribution >= 4 is 109 Å². The van der Waals surface area contributed by atoms with Crippen molar-refractivity contribution in [3.8, 4) is 0 Å². The van der Waals surface area contributed by atoms with E-state index in [1.54, 1.807) is 27.5 Å². The third-order valence-electron chi connectivity index (χ3n) is 4.56. The molecule has 0 aliphatic carbocycles. The maximum absolute atomic E-state index is 12.4. The lowest BCUT2D eigenvalue weighted by Gasteiger charge is -2.34. The molecule has 0 bridgehead atoms. The van der Waals surface area contributed by atoms with Gasteiger partial charge < -0.3 is 35.3 Å². The van der Waals surface area contributed by atoms with Gasteiger partial charge in [-0.15, -0.1) is 0 Å². The van der Waals surface area contributed by atoms with Crippen LogP contribution in [0.2, 0.25) is 0 Å². The molecule has 0 aliphatic heterocycles. The van der Waals surface area contributed by atoms with E-state index in [0.717, 1.165) is 0 Å². The molecule has 1 rings (SSSR count). The van der Waals surface area contributed by atoms with Gasteiger partial charge in [-0.3, -0.25) is 28.8 Å². The Morgan fingerprint density at radius 1 is 0.658 bits per heavy atom. The van der Waals surface area contributed by atoms with Gasteiger partial charge in [-0.2, -0.15) is 0 Å². The first-order valence-electron chi connectivity index (χ1n) is 10.7. The lowest BCUT2D eigenvalue weighted by Crippen LogP contribution is -2.45. The lowest BCUT2D eigenvalue weighted by atomic mass is 10.1. The molecule has 210 valence electrons. The van der Waals surface area contributed by atoms with E-state index in [-0.39, 0.29) is 46.7 Å². The first kappa shape index (κ1) is 34.1. The van der Waals surface area contributed by atoms with Gasteiger partial charge in [0, 0.05) is 31.3 Å². The molecule has 0 spiro atoms. The lowest BCUT2D eigenvalue weighted by molar-refractivity contribution is -0.156. The van der Waals surface area contributed by atoms with E-state index in [9.17, 15) is 28.8 Å². The van der Waals surface area contributed by atoms with Crippen LogP contribution in [-0.2, 0) is 38.1 Å². The van der Waals surface area contributed by atoms with Crippen LogP contribution in [0.1, 0.15) is 48.4 Å². The Labute approximate surface area is 259 Å². The van der Waals surface area contributed by atoms with Gasteiger partial charge in [0.2, 0.25) is 0 Å². The Hall–Kier alpha value is -1.97. The van der Waals surface area contributed by atoms with Crippen LogP contribution in [-0.4, -0.2) is 74.2 Å². The molecule has 2 atom stereocenters. The third kappa shape index (κ3) is 10.3. The number of carbonyl (C=O) groups excluding carboxylic acids is 6. The summed E-state index contributed by atoms with van der Waals surface area (Å²) in [6, 6.07) is 0. The summed E-state index contributed by atoms with van der Waals surface area (Å²) in [6.45, 7) is 3.74. The summed E-state index contributed by atoms with van der Waals surface area (Å²) >= 11 is 5.56. The highest BCUT2D eigenvalue weighted by Crippen LogP contribution is 2.38. The number of nitrogens with zero attached hydrogens (tertiary/aromatic N) is 1. The minimum atomic E-state index is -1.02. The smallest absolute Gasteiger partial charge is 0.303 e. The maximum atomic E-state index is 12.4. The Balaban J connectivity index is 3.83. The van der Waals surface area contributed by atoms with E-state index >= 15 is 0 Å². The van der Waals surface area contributed by atoms with Crippen LogP contribution in [0.25, 0.3) is 0 Å². The number of ether oxygens (including phenoxy) is 4. The molecular weight excluding hydrogens is 847 g/mol. The highest BCUT2D eigenvalue weighted by Gasteiger charge is 2.32. The van der Waals surface area contributed by atoms with Crippen LogP contribution in [0.4, 0.5) is 5.69 Å². The minimum absolute atomic E-state index is 0.0217. The molecule has 13 nitrogen and oxygen atoms in total. The summed E-state index contributed by atoms with van der Waals surface area (Å²) < 4.78 is 21.7. The maximum Gasteiger partial charge on any atom is 0.303 e. The number of esters is 4. The van der Waals surface area contributed by atoms with Crippen LogP contribution < -0.4 is 16.4 Å². The molecule has 0 fully saturated rings. The van der Waals surface area contributed by atoms with Gasteiger partial charge in [0.25, 0.3) is 11.8 Å². The second-order valence-electron chi connectivity index (χ2n) is 7.74. The molecule has 2 unspecified atom stereocenters. The minimum Gasteiger partial charge on any atom is -0.462 e. The predicted octanol–water partition coefficient (Wildman–Crippen LogP) is 1.49. The Bertz CT molecular complexity index is 1050. The molecule has 16 heteroatoms. The molecule has 0 saturated heterocycles. The third-order valence-corrected chi connectivity index (χ3v) is 7.74. The second-order valence-corrected chi connectivity index (χ2v) is 11.0. The summed E-state index contributed by atoms with van der Waals surface area (Å²) in [5.74, 6) is -4.22. The summed E-state index contributed by atoms with van der Waals surface area (Å²) in [5.41, 5.74) is 11.6. The van der Waals surface area contributed by atoms with E-state index in [1.165, 1.54) is 27.7 Å². The normalized spacial score (nSPS) is 12.1. The summed E-state index contributed by atoms with van der Waals surface area (Å²) in [6.07, 6.45) is -2.05. The highest BCUT2D eigenvalue weighted by molar-refractivity contribution is 14.1. The molecule has 4 N–H and O–H groups in total. The van der Waals surface area contributed by atoms with Crippen molar-refractivity contribution in [1.29, 1.82) is 0 Å². The van der Waals surface area contributed by atoms with Crippen molar-refractivity contribution < 1.29 is 47.7 Å². The van der Waals surface area contributed by atoms with Gasteiger partial charge in [-0.25, -0.2) is 0 Å². The van der Waals surface area contributed by atoms with E-state index in [4.69, 9.17) is 30.4 Å². The molecule has 0 aromatic heterocycles. The molecular formula is C22H26I3N3O10. The fourth-order valence-electron chi connectivity index (χ4n) is 3.25. The van der Waals surface area contributed by atoms with Gasteiger partial charge in [0.15, 0.2) is 12.2 Å².